The van der Waals surface area contributed by atoms with E-state index in [0.717, 1.165) is 6.54 Å². The molecule has 5 heteroatoms. The van der Waals surface area contributed by atoms with Gasteiger partial charge in [0.2, 0.25) is 0 Å². The second-order valence-corrected chi connectivity index (χ2v) is 6.03. The van der Waals surface area contributed by atoms with Gasteiger partial charge in [0.15, 0.2) is 0 Å². The molecule has 1 N–H and O–H groups in total. The summed E-state index contributed by atoms with van der Waals surface area (Å²) in [4.78, 5) is 27.2. The van der Waals surface area contributed by atoms with Gasteiger partial charge in [-0.05, 0) is 38.0 Å². The number of rotatable bonds is 4. The summed E-state index contributed by atoms with van der Waals surface area (Å²) in [5.41, 5.74) is -0.619. The Kier molecular flexibility index (Phi) is 4.02. The second-order valence-electron chi connectivity index (χ2n) is 6.03. The maximum atomic E-state index is 12.2. The normalized spacial score (nSPS) is 22.1. The van der Waals surface area contributed by atoms with Crippen molar-refractivity contribution in [2.75, 3.05) is 26.7 Å². The molecular weight excluding hydrogens is 244 g/mol. The summed E-state index contributed by atoms with van der Waals surface area (Å²) in [7, 11) is 1.85. The number of piperidine rings is 1. The first kappa shape index (κ1) is 14.2. The summed E-state index contributed by atoms with van der Waals surface area (Å²) in [6.45, 7) is 3.89. The Morgan fingerprint density at radius 1 is 1.32 bits per heavy atom. The number of carboxylic acids is 1. The van der Waals surface area contributed by atoms with Crippen molar-refractivity contribution in [1.82, 2.24) is 9.80 Å². The quantitative estimate of drug-likeness (QED) is 0.848. The highest BCUT2D eigenvalue weighted by Gasteiger charge is 2.41. The fraction of sp³-hybridized carbons (Fsp3) is 0.857. The summed E-state index contributed by atoms with van der Waals surface area (Å²) in [6.07, 6.45) is 4.25. The van der Waals surface area contributed by atoms with Crippen molar-refractivity contribution in [3.05, 3.63) is 0 Å². The Morgan fingerprint density at radius 3 is 2.32 bits per heavy atom. The van der Waals surface area contributed by atoms with Gasteiger partial charge in [0, 0.05) is 26.7 Å². The van der Waals surface area contributed by atoms with Crippen LogP contribution >= 0.6 is 0 Å². The first-order chi connectivity index (χ1) is 8.98. The second kappa shape index (κ2) is 5.39. The molecule has 0 spiro atoms. The number of hydrogen-bond acceptors (Lipinski definition) is 2. The van der Waals surface area contributed by atoms with E-state index in [-0.39, 0.29) is 6.03 Å². The van der Waals surface area contributed by atoms with E-state index in [4.69, 9.17) is 0 Å². The van der Waals surface area contributed by atoms with Crippen LogP contribution in [0.3, 0.4) is 0 Å². The highest BCUT2D eigenvalue weighted by atomic mass is 16.4. The Labute approximate surface area is 114 Å². The first-order valence-corrected chi connectivity index (χ1v) is 7.22. The van der Waals surface area contributed by atoms with Crippen molar-refractivity contribution in [3.8, 4) is 0 Å². The molecule has 0 radical (unpaired) electrons. The van der Waals surface area contributed by atoms with Crippen LogP contribution in [0.4, 0.5) is 4.79 Å². The van der Waals surface area contributed by atoms with Crippen molar-refractivity contribution in [2.24, 2.45) is 11.3 Å². The lowest BCUT2D eigenvalue weighted by molar-refractivity contribution is -0.152. The molecule has 19 heavy (non-hydrogen) atoms. The van der Waals surface area contributed by atoms with Crippen LogP contribution in [0, 0.1) is 11.3 Å². The molecule has 0 unspecified atom stereocenters. The molecule has 1 aliphatic carbocycles. The van der Waals surface area contributed by atoms with Gasteiger partial charge in [-0.1, -0.05) is 6.92 Å². The molecule has 0 bridgehead atoms. The fourth-order valence-electron chi connectivity index (χ4n) is 2.85. The third kappa shape index (κ3) is 3.01. The van der Waals surface area contributed by atoms with Crippen LogP contribution in [0.1, 0.15) is 39.0 Å². The van der Waals surface area contributed by atoms with E-state index in [1.54, 1.807) is 9.80 Å². The van der Waals surface area contributed by atoms with Gasteiger partial charge in [-0.25, -0.2) is 4.79 Å². The van der Waals surface area contributed by atoms with Crippen LogP contribution in [-0.4, -0.2) is 53.6 Å². The Balaban J connectivity index is 1.87. The van der Waals surface area contributed by atoms with Gasteiger partial charge >= 0.3 is 12.0 Å². The molecule has 2 aliphatic rings. The molecule has 0 aromatic rings. The highest BCUT2D eigenvalue weighted by molar-refractivity contribution is 5.77. The van der Waals surface area contributed by atoms with Crippen molar-refractivity contribution < 1.29 is 14.7 Å². The molecule has 1 aliphatic heterocycles. The van der Waals surface area contributed by atoms with Crippen LogP contribution in [0.2, 0.25) is 0 Å². The minimum atomic E-state index is -0.714. The number of likely N-dealkylation sites (tertiary alicyclic amines) is 1. The molecule has 5 nitrogen and oxygen atoms in total. The predicted molar refractivity (Wildman–Crippen MR) is 71.9 cm³/mol. The number of carbonyl (C=O) groups is 2. The maximum absolute atomic E-state index is 12.2. The molecule has 0 aromatic carbocycles. The zero-order chi connectivity index (χ0) is 14.0. The molecule has 108 valence electrons. The van der Waals surface area contributed by atoms with Crippen molar-refractivity contribution >= 4 is 12.0 Å². The molecule has 0 atom stereocenters. The van der Waals surface area contributed by atoms with Gasteiger partial charge in [0.1, 0.15) is 0 Å². The van der Waals surface area contributed by atoms with Gasteiger partial charge in [-0.15, -0.1) is 0 Å². The molecular formula is C14H24N2O3. The highest BCUT2D eigenvalue weighted by Crippen LogP contribution is 2.35. The summed E-state index contributed by atoms with van der Waals surface area (Å²) in [5, 5.41) is 9.34. The SMILES string of the molecule is CCC1(C(=O)O)CCN(C(=O)N(C)CC2CC2)CC1. The Bertz CT molecular complexity index is 358. The van der Waals surface area contributed by atoms with Gasteiger partial charge in [0.25, 0.3) is 0 Å². The average molecular weight is 268 g/mol. The average Bonchev–Trinajstić information content (AvgIpc) is 3.21. The van der Waals surface area contributed by atoms with E-state index >= 15 is 0 Å². The number of nitrogens with zero attached hydrogens (tertiary/aromatic N) is 2. The molecule has 1 saturated carbocycles. The fourth-order valence-corrected chi connectivity index (χ4v) is 2.85. The third-order valence-electron chi connectivity index (χ3n) is 4.68. The molecule has 2 amide bonds. The van der Waals surface area contributed by atoms with E-state index in [0.29, 0.717) is 38.3 Å². The summed E-state index contributed by atoms with van der Waals surface area (Å²) in [5.74, 6) is -0.0269. The molecule has 2 rings (SSSR count). The van der Waals surface area contributed by atoms with Crippen molar-refractivity contribution in [3.63, 3.8) is 0 Å². The number of hydrogen-bond donors (Lipinski definition) is 1. The van der Waals surface area contributed by atoms with Crippen molar-refractivity contribution in [2.45, 2.75) is 39.0 Å². The van der Waals surface area contributed by atoms with Gasteiger partial charge in [-0.2, -0.15) is 0 Å². The van der Waals surface area contributed by atoms with Gasteiger partial charge in [0.05, 0.1) is 5.41 Å². The number of carbonyl (C=O) groups excluding carboxylic acids is 1. The van der Waals surface area contributed by atoms with Crippen LogP contribution in [-0.2, 0) is 4.79 Å². The lowest BCUT2D eigenvalue weighted by Crippen LogP contribution is -2.50. The predicted octanol–water partition coefficient (Wildman–Crippen LogP) is 2.02. The minimum Gasteiger partial charge on any atom is -0.481 e. The van der Waals surface area contributed by atoms with Crippen molar-refractivity contribution in [1.29, 1.82) is 0 Å². The summed E-state index contributed by atoms with van der Waals surface area (Å²) in [6, 6.07) is 0.0574. The number of aliphatic carboxylic acids is 1. The van der Waals surface area contributed by atoms with Crippen LogP contribution in [0.15, 0.2) is 0 Å². The minimum absolute atomic E-state index is 0.0574. The standard InChI is InChI=1S/C14H24N2O3/c1-3-14(12(17)18)6-8-16(9-7-14)13(19)15(2)10-11-4-5-11/h11H,3-10H2,1-2H3,(H,17,18). The Morgan fingerprint density at radius 2 is 1.89 bits per heavy atom. The molecule has 1 heterocycles. The first-order valence-electron chi connectivity index (χ1n) is 7.22. The largest absolute Gasteiger partial charge is 0.481 e. The molecule has 2 fully saturated rings. The smallest absolute Gasteiger partial charge is 0.319 e. The lowest BCUT2D eigenvalue weighted by Gasteiger charge is -2.39. The number of urea groups is 1. The Hall–Kier alpha value is -1.26. The zero-order valence-electron chi connectivity index (χ0n) is 11.9. The van der Waals surface area contributed by atoms with Crippen LogP contribution in [0.5, 0.6) is 0 Å². The van der Waals surface area contributed by atoms with E-state index in [1.165, 1.54) is 12.8 Å². The molecule has 1 saturated heterocycles. The summed E-state index contributed by atoms with van der Waals surface area (Å²) >= 11 is 0. The van der Waals surface area contributed by atoms with E-state index < -0.39 is 11.4 Å². The van der Waals surface area contributed by atoms with E-state index in [2.05, 4.69) is 0 Å². The van der Waals surface area contributed by atoms with Crippen LogP contribution in [0.25, 0.3) is 0 Å². The monoisotopic (exact) mass is 268 g/mol. The third-order valence-corrected chi connectivity index (χ3v) is 4.68. The summed E-state index contributed by atoms with van der Waals surface area (Å²) < 4.78 is 0. The van der Waals surface area contributed by atoms with E-state index in [1.807, 2.05) is 14.0 Å². The zero-order valence-corrected chi connectivity index (χ0v) is 11.9. The van der Waals surface area contributed by atoms with Gasteiger partial charge < -0.3 is 14.9 Å². The maximum Gasteiger partial charge on any atom is 0.319 e. The topological polar surface area (TPSA) is 60.9 Å². The lowest BCUT2D eigenvalue weighted by atomic mass is 9.76. The van der Waals surface area contributed by atoms with E-state index in [9.17, 15) is 14.7 Å². The number of carboxylic acid groups (broad SMARTS) is 1. The van der Waals surface area contributed by atoms with Gasteiger partial charge in [-0.3, -0.25) is 4.79 Å². The number of amides is 2. The molecule has 0 aromatic heterocycles. The van der Waals surface area contributed by atoms with Crippen LogP contribution < -0.4 is 0 Å².